The summed E-state index contributed by atoms with van der Waals surface area (Å²) in [5.74, 6) is 0.716. The van der Waals surface area contributed by atoms with Crippen molar-refractivity contribution in [1.29, 1.82) is 0 Å². The highest BCUT2D eigenvalue weighted by molar-refractivity contribution is 6.36. The second kappa shape index (κ2) is 11.4. The Hall–Kier alpha value is -5.37. The molecule has 0 spiro atoms. The summed E-state index contributed by atoms with van der Waals surface area (Å²) in [5.41, 5.74) is 6.74. The van der Waals surface area contributed by atoms with Crippen LogP contribution in [0.15, 0.2) is 115 Å². The zero-order valence-corrected chi connectivity index (χ0v) is 22.2. The third kappa shape index (κ3) is 5.54. The number of fused-ring (bicyclic) bond motifs is 1. The average molecular weight is 535 g/mol. The minimum atomic E-state index is -0.115. The molecule has 7 nitrogen and oxygen atoms in total. The Labute approximate surface area is 238 Å². The lowest BCUT2D eigenvalue weighted by atomic mass is 9.99. The average Bonchev–Trinajstić information content (AvgIpc) is 3.40. The van der Waals surface area contributed by atoms with Gasteiger partial charge in [-0.15, -0.1) is 0 Å². The number of carbonyl (C=O) groups is 1. The number of benzene rings is 4. The van der Waals surface area contributed by atoms with Gasteiger partial charge in [-0.2, -0.15) is 9.61 Å². The Morgan fingerprint density at radius 3 is 2.22 bits per heavy atom. The maximum atomic E-state index is 13.0. The first-order valence-corrected chi connectivity index (χ1v) is 13.2. The maximum absolute atomic E-state index is 13.0. The lowest BCUT2D eigenvalue weighted by Crippen LogP contribution is -2.23. The lowest BCUT2D eigenvalue weighted by molar-refractivity contribution is 0.0951. The number of nitrogens with zero attached hydrogens (tertiary/aromatic N) is 3. The number of rotatable bonds is 8. The molecule has 6 aromatic rings. The van der Waals surface area contributed by atoms with Crippen molar-refractivity contribution in [2.75, 3.05) is 5.32 Å². The molecule has 2 aromatic heterocycles. The van der Waals surface area contributed by atoms with Crippen molar-refractivity contribution < 1.29 is 9.90 Å². The quantitative estimate of drug-likeness (QED) is 0.236. The molecule has 8 heteroatoms. The summed E-state index contributed by atoms with van der Waals surface area (Å²) in [6.07, 6.45) is 1.56. The van der Waals surface area contributed by atoms with Crippen LogP contribution >= 0.6 is 0 Å². The molecule has 0 aliphatic heterocycles. The van der Waals surface area contributed by atoms with Gasteiger partial charge in [0.05, 0.1) is 5.69 Å². The molecule has 0 fully saturated rings. The van der Waals surface area contributed by atoms with Crippen molar-refractivity contribution in [1.82, 2.24) is 19.9 Å². The number of para-hydroxylation sites is 1. The first kappa shape index (κ1) is 25.9. The van der Waals surface area contributed by atoms with Crippen LogP contribution in [-0.4, -0.2) is 33.5 Å². The Kier molecular flexibility index (Phi) is 7.20. The van der Waals surface area contributed by atoms with E-state index in [1.54, 1.807) is 22.8 Å². The molecule has 0 aliphatic rings. The van der Waals surface area contributed by atoms with E-state index in [1.165, 1.54) is 0 Å². The van der Waals surface area contributed by atoms with Gasteiger partial charge in [-0.05, 0) is 45.9 Å². The monoisotopic (exact) mass is 535 g/mol. The standard InChI is InChI=1S/C33H26BN5O2/c34-28-21-37-39-31(18-29(38-32(28)39)27-12-6-7-13-30(27)40)35-19-22-14-16-23(17-15-22)20-36-33(41)26-11-5-4-10-25(26)24-8-2-1-3-9-24/h1-18,21,35,40H,19-20H2,(H,36,41). The summed E-state index contributed by atoms with van der Waals surface area (Å²) in [7, 11) is 6.11. The molecule has 6 rings (SSSR count). The summed E-state index contributed by atoms with van der Waals surface area (Å²) < 4.78 is 1.65. The van der Waals surface area contributed by atoms with Gasteiger partial charge in [0.25, 0.3) is 5.91 Å². The molecule has 0 saturated heterocycles. The minimum Gasteiger partial charge on any atom is -0.507 e. The number of phenolic OH excluding ortho intramolecular Hbond substituents is 1. The zero-order valence-electron chi connectivity index (χ0n) is 22.2. The van der Waals surface area contributed by atoms with E-state index in [4.69, 9.17) is 7.85 Å². The molecule has 4 aromatic carbocycles. The second-order valence-electron chi connectivity index (χ2n) is 9.64. The third-order valence-electron chi connectivity index (χ3n) is 6.89. The fraction of sp³-hybridized carbons (Fsp3) is 0.0606. The largest absolute Gasteiger partial charge is 0.507 e. The van der Waals surface area contributed by atoms with Gasteiger partial charge >= 0.3 is 0 Å². The van der Waals surface area contributed by atoms with Gasteiger partial charge in [0.2, 0.25) is 0 Å². The van der Waals surface area contributed by atoms with Crippen molar-refractivity contribution in [3.05, 3.63) is 132 Å². The van der Waals surface area contributed by atoms with Crippen molar-refractivity contribution in [3.63, 3.8) is 0 Å². The van der Waals surface area contributed by atoms with Gasteiger partial charge in [0.1, 0.15) is 19.4 Å². The molecular weight excluding hydrogens is 509 g/mol. The third-order valence-corrected chi connectivity index (χ3v) is 6.89. The van der Waals surface area contributed by atoms with Crippen LogP contribution in [0.3, 0.4) is 0 Å². The fourth-order valence-corrected chi connectivity index (χ4v) is 4.73. The number of phenols is 1. The predicted octanol–water partition coefficient (Wildman–Crippen LogP) is 5.10. The first-order chi connectivity index (χ1) is 20.1. The van der Waals surface area contributed by atoms with E-state index in [2.05, 4.69) is 20.7 Å². The number of aromatic nitrogens is 3. The highest BCUT2D eigenvalue weighted by Gasteiger charge is 2.14. The molecule has 0 atom stereocenters. The van der Waals surface area contributed by atoms with Gasteiger partial charge in [-0.3, -0.25) is 4.79 Å². The smallest absolute Gasteiger partial charge is 0.252 e. The SMILES string of the molecule is [B]c1cnn2c(NCc3ccc(CNC(=O)c4ccccc4-c4ccccc4)cc3)cc(-c3ccccc3O)nc12. The van der Waals surface area contributed by atoms with E-state index in [0.29, 0.717) is 46.8 Å². The molecule has 3 N–H and O–H groups in total. The minimum absolute atomic E-state index is 0.115. The van der Waals surface area contributed by atoms with Crippen molar-refractivity contribution >= 4 is 30.7 Å². The topological polar surface area (TPSA) is 91.5 Å². The van der Waals surface area contributed by atoms with Gasteiger partial charge in [0, 0.05) is 36.5 Å². The predicted molar refractivity (Wildman–Crippen MR) is 162 cm³/mol. The number of hydrogen-bond donors (Lipinski definition) is 3. The molecule has 0 unspecified atom stereocenters. The van der Waals surface area contributed by atoms with E-state index < -0.39 is 0 Å². The number of aromatic hydroxyl groups is 1. The summed E-state index contributed by atoms with van der Waals surface area (Å²) in [5, 5.41) is 21.2. The van der Waals surface area contributed by atoms with Crippen molar-refractivity contribution in [2.45, 2.75) is 13.1 Å². The molecular formula is C33H26BN5O2. The highest BCUT2D eigenvalue weighted by atomic mass is 16.3. The van der Waals surface area contributed by atoms with E-state index >= 15 is 0 Å². The van der Waals surface area contributed by atoms with E-state index in [0.717, 1.165) is 22.3 Å². The highest BCUT2D eigenvalue weighted by Crippen LogP contribution is 2.29. The van der Waals surface area contributed by atoms with Gasteiger partial charge in [-0.1, -0.05) is 84.9 Å². The molecule has 0 aliphatic carbocycles. The Morgan fingerprint density at radius 2 is 1.46 bits per heavy atom. The maximum Gasteiger partial charge on any atom is 0.252 e. The number of carbonyl (C=O) groups excluding carboxylic acids is 1. The number of hydrogen-bond acceptors (Lipinski definition) is 5. The molecule has 1 amide bonds. The molecule has 2 radical (unpaired) electrons. The molecule has 0 saturated carbocycles. The van der Waals surface area contributed by atoms with Gasteiger partial charge in [0.15, 0.2) is 5.65 Å². The van der Waals surface area contributed by atoms with Gasteiger partial charge < -0.3 is 15.7 Å². The molecule has 198 valence electrons. The van der Waals surface area contributed by atoms with Crippen LogP contribution in [0.2, 0.25) is 0 Å². The fourth-order valence-electron chi connectivity index (χ4n) is 4.73. The number of amides is 1. The second-order valence-corrected chi connectivity index (χ2v) is 9.64. The summed E-state index contributed by atoms with van der Waals surface area (Å²) >= 11 is 0. The van der Waals surface area contributed by atoms with Crippen LogP contribution in [0, 0.1) is 0 Å². The Bertz CT molecular complexity index is 1830. The van der Waals surface area contributed by atoms with Gasteiger partial charge in [-0.25, -0.2) is 4.98 Å². The van der Waals surface area contributed by atoms with Crippen LogP contribution in [0.25, 0.3) is 28.0 Å². The van der Waals surface area contributed by atoms with Crippen molar-refractivity contribution in [3.8, 4) is 28.1 Å². The van der Waals surface area contributed by atoms with Crippen LogP contribution < -0.4 is 16.1 Å². The van der Waals surface area contributed by atoms with E-state index in [9.17, 15) is 9.90 Å². The van der Waals surface area contributed by atoms with Crippen molar-refractivity contribution in [2.24, 2.45) is 0 Å². The van der Waals surface area contributed by atoms with Crippen LogP contribution in [0.5, 0.6) is 5.75 Å². The van der Waals surface area contributed by atoms with Crippen LogP contribution in [0.1, 0.15) is 21.5 Å². The number of anilines is 1. The Morgan fingerprint density at radius 1 is 0.805 bits per heavy atom. The van der Waals surface area contributed by atoms with Crippen LogP contribution in [-0.2, 0) is 13.1 Å². The summed E-state index contributed by atoms with van der Waals surface area (Å²) in [6.45, 7) is 0.938. The number of nitrogens with one attached hydrogen (secondary N) is 2. The molecule has 41 heavy (non-hydrogen) atoms. The van der Waals surface area contributed by atoms with Crippen LogP contribution in [0.4, 0.5) is 5.82 Å². The Balaban J connectivity index is 1.14. The molecule has 0 bridgehead atoms. The zero-order chi connectivity index (χ0) is 28.2. The lowest BCUT2D eigenvalue weighted by Gasteiger charge is -2.13. The van der Waals surface area contributed by atoms with E-state index in [-0.39, 0.29) is 11.7 Å². The first-order valence-electron chi connectivity index (χ1n) is 13.2. The normalized spacial score (nSPS) is 10.9. The molecule has 2 heterocycles. The summed E-state index contributed by atoms with van der Waals surface area (Å²) in [4.78, 5) is 17.7. The van der Waals surface area contributed by atoms with E-state index in [1.807, 2.05) is 97.1 Å². The summed E-state index contributed by atoms with van der Waals surface area (Å²) in [6, 6.07) is 34.5.